The maximum Gasteiger partial charge on any atom is 0.255 e. The number of hydrogen-bond donors (Lipinski definition) is 6. The summed E-state index contributed by atoms with van der Waals surface area (Å²) in [6, 6.07) is 7.80. The lowest BCUT2D eigenvalue weighted by Crippen LogP contribution is -2.65. The zero-order valence-electron chi connectivity index (χ0n) is 25.5. The number of phenolic OH excluding ortho intramolecular Hbond substituents is 1. The number of amides is 1. The van der Waals surface area contributed by atoms with E-state index in [1.54, 1.807) is 27.3 Å². The minimum absolute atomic E-state index is 0.0111. The highest BCUT2D eigenvalue weighted by molar-refractivity contribution is 6.24. The van der Waals surface area contributed by atoms with Crippen LogP contribution >= 0.6 is 0 Å². The van der Waals surface area contributed by atoms with Crippen LogP contribution in [0.5, 0.6) is 11.5 Å². The first-order valence-electron chi connectivity index (χ1n) is 14.6. The van der Waals surface area contributed by atoms with Crippen molar-refractivity contribution in [2.24, 2.45) is 23.5 Å². The van der Waals surface area contributed by atoms with Gasteiger partial charge >= 0.3 is 0 Å². The molecule has 1 unspecified atom stereocenters. The molecule has 3 aliphatic carbocycles. The van der Waals surface area contributed by atoms with Crippen molar-refractivity contribution < 1.29 is 39.5 Å². The highest BCUT2D eigenvalue weighted by Gasteiger charge is 2.64. The van der Waals surface area contributed by atoms with Gasteiger partial charge in [-0.3, -0.25) is 19.3 Å². The van der Waals surface area contributed by atoms with E-state index < -0.39 is 58.0 Å². The van der Waals surface area contributed by atoms with Gasteiger partial charge in [0.25, 0.3) is 5.91 Å². The average molecular weight is 606 g/mol. The maximum absolute atomic E-state index is 14.1. The number of ketones is 2. The van der Waals surface area contributed by atoms with Gasteiger partial charge in [0.05, 0.1) is 18.7 Å². The number of rotatable bonds is 8. The summed E-state index contributed by atoms with van der Waals surface area (Å²) in [5.74, 6) is -5.80. The zero-order chi connectivity index (χ0) is 32.2. The lowest BCUT2D eigenvalue weighted by molar-refractivity contribution is -0.153. The predicted octanol–water partition coefficient (Wildman–Crippen LogP) is 2.39. The Labute approximate surface area is 255 Å². The number of carbonyl (C=O) groups is 3. The van der Waals surface area contributed by atoms with Crippen LogP contribution < -0.4 is 15.8 Å². The zero-order valence-corrected chi connectivity index (χ0v) is 25.5. The fourth-order valence-corrected chi connectivity index (χ4v) is 7.08. The summed E-state index contributed by atoms with van der Waals surface area (Å²) < 4.78 is 5.69. The molecule has 0 aromatic heterocycles. The van der Waals surface area contributed by atoms with Crippen LogP contribution in [0.3, 0.4) is 0 Å². The normalized spacial score (nSPS) is 24.9. The number of carbonyl (C=O) groups excluding carboxylic acids is 3. The van der Waals surface area contributed by atoms with Gasteiger partial charge in [0.15, 0.2) is 11.4 Å². The number of primary amides is 1. The molecular weight excluding hydrogens is 566 g/mol. The second kappa shape index (κ2) is 11.4. The monoisotopic (exact) mass is 605 g/mol. The number of phenols is 1. The molecule has 3 aliphatic rings. The Bertz CT molecular complexity index is 1620. The third-order valence-corrected chi connectivity index (χ3v) is 9.04. The number of aliphatic hydroxyl groups excluding tert-OH is 2. The molecule has 0 bridgehead atoms. The molecule has 234 valence electrons. The molecule has 4 atom stereocenters. The lowest BCUT2D eigenvalue weighted by Gasteiger charge is -2.50. The number of nitrogens with one attached hydrogen (secondary N) is 1. The van der Waals surface area contributed by atoms with Gasteiger partial charge in [0.1, 0.15) is 28.6 Å². The second-order valence-corrected chi connectivity index (χ2v) is 12.5. The standard InChI is InChI=1S/C33H39N3O8/c1-15(2)13-35-14-16-6-9-23(44-5)19(10-16)18-7-8-22(37)25-20(18)11-17-12-21-27(36(3)4)29(39)26(32(34)42)31(41)33(21,43)30(40)24(17)28(25)38/h6-10,15,17,21,27,35,37-38,41,43H,11-14H2,1-5H3,(H2,34,42)/t17-,21-,27?,33-/m0/s1. The Morgan fingerprint density at radius 1 is 1.14 bits per heavy atom. The van der Waals surface area contributed by atoms with E-state index in [9.17, 15) is 34.8 Å². The molecule has 7 N–H and O–H groups in total. The number of nitrogens with two attached hydrogens (primary N) is 1. The summed E-state index contributed by atoms with van der Waals surface area (Å²) in [4.78, 5) is 41.1. The smallest absolute Gasteiger partial charge is 0.255 e. The first-order valence-corrected chi connectivity index (χ1v) is 14.6. The summed E-state index contributed by atoms with van der Waals surface area (Å²) >= 11 is 0. The van der Waals surface area contributed by atoms with Crippen molar-refractivity contribution in [3.63, 3.8) is 0 Å². The van der Waals surface area contributed by atoms with Crippen LogP contribution in [-0.4, -0.2) is 82.2 Å². The number of likely N-dealkylation sites (N-methyl/N-ethyl adjacent to an activating group) is 1. The SMILES string of the molecule is COc1ccc(CNCC(C)C)cc1-c1ccc(O)c2c1C[C@H]1C[C@H]3C(N(C)C)C(=O)C(C(N)=O)=C(O)[C@@]3(O)C(=O)C1=C2O. The van der Waals surface area contributed by atoms with Gasteiger partial charge in [-0.2, -0.15) is 0 Å². The number of hydrogen-bond acceptors (Lipinski definition) is 10. The van der Waals surface area contributed by atoms with Gasteiger partial charge in [-0.15, -0.1) is 0 Å². The fraction of sp³-hybridized carbons (Fsp3) is 0.424. The van der Waals surface area contributed by atoms with Crippen LogP contribution in [0.4, 0.5) is 0 Å². The molecule has 0 saturated heterocycles. The van der Waals surface area contributed by atoms with Crippen LogP contribution in [-0.2, 0) is 27.3 Å². The molecule has 5 rings (SSSR count). The topological polar surface area (TPSA) is 183 Å². The van der Waals surface area contributed by atoms with Crippen molar-refractivity contribution in [1.82, 2.24) is 10.2 Å². The minimum Gasteiger partial charge on any atom is -0.508 e. The molecule has 2 aromatic rings. The van der Waals surface area contributed by atoms with Crippen molar-refractivity contribution in [3.8, 4) is 22.6 Å². The number of nitrogens with zero attached hydrogens (tertiary/aromatic N) is 1. The number of aliphatic hydroxyl groups is 3. The average Bonchev–Trinajstić information content (AvgIpc) is 2.94. The van der Waals surface area contributed by atoms with Crippen LogP contribution in [0.15, 0.2) is 47.2 Å². The van der Waals surface area contributed by atoms with E-state index in [-0.39, 0.29) is 29.7 Å². The van der Waals surface area contributed by atoms with Crippen molar-refractivity contribution in [1.29, 1.82) is 0 Å². The molecule has 11 nitrogen and oxygen atoms in total. The third kappa shape index (κ3) is 4.75. The van der Waals surface area contributed by atoms with Crippen molar-refractivity contribution in [3.05, 3.63) is 63.9 Å². The summed E-state index contributed by atoms with van der Waals surface area (Å²) in [6.45, 7) is 5.70. The largest absolute Gasteiger partial charge is 0.508 e. The molecule has 44 heavy (non-hydrogen) atoms. The summed E-state index contributed by atoms with van der Waals surface area (Å²) in [6.07, 6.45) is 0.189. The van der Waals surface area contributed by atoms with Crippen LogP contribution in [0.2, 0.25) is 0 Å². The number of Topliss-reactive ketones (excluding diaryl/α,β-unsaturated/α-hetero) is 2. The molecule has 0 aliphatic heterocycles. The van der Waals surface area contributed by atoms with Gasteiger partial charge in [-0.1, -0.05) is 26.0 Å². The Morgan fingerprint density at radius 2 is 1.84 bits per heavy atom. The van der Waals surface area contributed by atoms with Crippen molar-refractivity contribution in [2.45, 2.75) is 44.9 Å². The number of aromatic hydroxyl groups is 1. The molecule has 2 aromatic carbocycles. The molecule has 0 heterocycles. The summed E-state index contributed by atoms with van der Waals surface area (Å²) in [5.41, 5.74) is 4.70. The Morgan fingerprint density at radius 3 is 2.45 bits per heavy atom. The molecule has 1 saturated carbocycles. The number of benzene rings is 2. The summed E-state index contributed by atoms with van der Waals surface area (Å²) in [7, 11) is 4.69. The Hall–Kier alpha value is -4.19. The molecule has 11 heteroatoms. The fourth-order valence-electron chi connectivity index (χ4n) is 7.08. The van der Waals surface area contributed by atoms with Gasteiger partial charge < -0.3 is 36.2 Å². The first kappa shape index (κ1) is 31.2. The van der Waals surface area contributed by atoms with Crippen LogP contribution in [0.25, 0.3) is 16.9 Å². The van der Waals surface area contributed by atoms with E-state index in [1.165, 1.54) is 11.0 Å². The minimum atomic E-state index is -2.68. The number of fused-ring (bicyclic) bond motifs is 3. The molecule has 1 fully saturated rings. The third-order valence-electron chi connectivity index (χ3n) is 9.04. The molecule has 0 spiro atoms. The highest BCUT2D eigenvalue weighted by Crippen LogP contribution is 2.54. The van der Waals surface area contributed by atoms with Gasteiger partial charge in [0.2, 0.25) is 5.78 Å². The number of ether oxygens (including phenoxy) is 1. The van der Waals surface area contributed by atoms with E-state index in [1.807, 2.05) is 18.2 Å². The summed E-state index contributed by atoms with van der Waals surface area (Å²) in [5, 5.41) is 48.8. The maximum atomic E-state index is 14.1. The van der Waals surface area contributed by atoms with Gasteiger partial charge in [0, 0.05) is 23.6 Å². The Balaban J connectivity index is 1.67. The van der Waals surface area contributed by atoms with Gasteiger partial charge in [-0.25, -0.2) is 0 Å². The van der Waals surface area contributed by atoms with Crippen LogP contribution in [0, 0.1) is 17.8 Å². The van der Waals surface area contributed by atoms with E-state index in [2.05, 4.69) is 19.2 Å². The quantitative estimate of drug-likeness (QED) is 0.244. The predicted molar refractivity (Wildman–Crippen MR) is 163 cm³/mol. The van der Waals surface area contributed by atoms with Crippen molar-refractivity contribution >= 4 is 23.2 Å². The Kier molecular flexibility index (Phi) is 8.08. The van der Waals surface area contributed by atoms with Crippen molar-refractivity contribution in [2.75, 3.05) is 27.7 Å². The second-order valence-electron chi connectivity index (χ2n) is 12.5. The van der Waals surface area contributed by atoms with Crippen LogP contribution in [0.1, 0.15) is 37.0 Å². The van der Waals surface area contributed by atoms with E-state index in [4.69, 9.17) is 10.5 Å². The lowest BCUT2D eigenvalue weighted by atomic mass is 9.57. The van der Waals surface area contributed by atoms with E-state index in [0.29, 0.717) is 29.3 Å². The number of methoxy groups -OCH3 is 1. The van der Waals surface area contributed by atoms with E-state index in [0.717, 1.165) is 17.7 Å². The van der Waals surface area contributed by atoms with Gasteiger partial charge in [-0.05, 0) is 80.2 Å². The molecular formula is C33H39N3O8. The van der Waals surface area contributed by atoms with E-state index >= 15 is 0 Å². The molecule has 1 amide bonds. The highest BCUT2D eigenvalue weighted by atomic mass is 16.5. The first-order chi connectivity index (χ1) is 20.7. The molecule has 0 radical (unpaired) electrons.